The normalized spacial score (nSPS) is 11.5. The van der Waals surface area contributed by atoms with Gasteiger partial charge in [0.05, 0.1) is 10.5 Å². The minimum absolute atomic E-state index is 0.0247. The lowest BCUT2D eigenvalue weighted by molar-refractivity contribution is -0.137. The lowest BCUT2D eigenvalue weighted by atomic mass is 10.1. The number of rotatable bonds is 8. The third-order valence-corrected chi connectivity index (χ3v) is 6.75. The van der Waals surface area contributed by atoms with E-state index in [2.05, 4.69) is 16.0 Å². The van der Waals surface area contributed by atoms with Crippen LogP contribution in [0.1, 0.15) is 22.3 Å². The van der Waals surface area contributed by atoms with Gasteiger partial charge in [-0.05, 0) is 60.4 Å². The van der Waals surface area contributed by atoms with Gasteiger partial charge < -0.3 is 16.0 Å². The Hall–Kier alpha value is -4.06. The van der Waals surface area contributed by atoms with Gasteiger partial charge in [-0.2, -0.15) is 13.2 Å². The maximum absolute atomic E-state index is 12.6. The van der Waals surface area contributed by atoms with Crippen LogP contribution in [0.25, 0.3) is 0 Å². The quantitative estimate of drug-likeness (QED) is 0.339. The summed E-state index contributed by atoms with van der Waals surface area (Å²) in [6, 6.07) is 16.2. The Morgan fingerprint density at radius 3 is 2.05 bits per heavy atom. The third kappa shape index (κ3) is 8.24. The van der Waals surface area contributed by atoms with Gasteiger partial charge in [-0.15, -0.1) is 0 Å². The van der Waals surface area contributed by atoms with Gasteiger partial charge in [0.2, 0.25) is 0 Å². The summed E-state index contributed by atoms with van der Waals surface area (Å²) in [5, 5.41) is 7.68. The molecule has 0 saturated heterocycles. The maximum atomic E-state index is 12.6. The summed E-state index contributed by atoms with van der Waals surface area (Å²) in [5.41, 5.74) is 1.59. The second-order valence-electron chi connectivity index (χ2n) is 8.08. The van der Waals surface area contributed by atoms with Crippen LogP contribution in [-0.4, -0.2) is 27.0 Å². The van der Waals surface area contributed by atoms with Crippen LogP contribution in [0.5, 0.6) is 0 Å². The molecule has 4 N–H and O–H groups in total. The van der Waals surface area contributed by atoms with Gasteiger partial charge in [-0.25, -0.2) is 22.7 Å². The van der Waals surface area contributed by atoms with Gasteiger partial charge in [0.25, 0.3) is 10.0 Å². The molecule has 0 aliphatic carbocycles. The van der Waals surface area contributed by atoms with Crippen molar-refractivity contribution in [2.24, 2.45) is 0 Å². The summed E-state index contributed by atoms with van der Waals surface area (Å²) >= 11 is 0. The molecule has 37 heavy (non-hydrogen) atoms. The second-order valence-corrected chi connectivity index (χ2v) is 9.73. The van der Waals surface area contributed by atoms with Crippen molar-refractivity contribution in [2.45, 2.75) is 31.0 Å². The fourth-order valence-electron chi connectivity index (χ4n) is 3.32. The van der Waals surface area contributed by atoms with Crippen LogP contribution in [0.2, 0.25) is 0 Å². The molecule has 0 unspecified atom stereocenters. The van der Waals surface area contributed by atoms with E-state index in [1.54, 1.807) is 49.4 Å². The van der Waals surface area contributed by atoms with Crippen molar-refractivity contribution in [1.29, 1.82) is 0 Å². The fraction of sp³-hybridized carbons (Fsp3) is 0.200. The predicted molar refractivity (Wildman–Crippen MR) is 132 cm³/mol. The highest BCUT2D eigenvalue weighted by atomic mass is 32.2. The van der Waals surface area contributed by atoms with Crippen LogP contribution < -0.4 is 20.7 Å². The Kier molecular flexibility index (Phi) is 8.77. The number of carbonyl (C=O) groups excluding carboxylic acids is 2. The predicted octanol–water partition coefficient (Wildman–Crippen LogP) is 4.57. The first-order valence-corrected chi connectivity index (χ1v) is 12.6. The number of hydrogen-bond acceptors (Lipinski definition) is 4. The zero-order valence-electron chi connectivity index (χ0n) is 19.7. The first-order valence-electron chi connectivity index (χ1n) is 11.1. The topological polar surface area (TPSA) is 116 Å². The fourth-order valence-corrected chi connectivity index (χ4v) is 4.49. The molecule has 3 aromatic rings. The lowest BCUT2D eigenvalue weighted by Crippen LogP contribution is -2.40. The standard InChI is InChI=1S/C25H25F3N4O4S/c1-17-4-2-3-5-22(17)37(35,36)32-24(34)29-15-14-18-8-12-21(13-9-18)31-23(33)30-16-19-6-10-20(11-7-19)25(26,27)28/h2-13H,14-16H2,1H3,(H2,29,32,34)(H2,30,31,33). The minimum Gasteiger partial charge on any atom is -0.337 e. The SMILES string of the molecule is Cc1ccccc1S(=O)(=O)NC(=O)NCCc1ccc(NC(=O)NCc2ccc(C(F)(F)F)cc2)cc1. The summed E-state index contributed by atoms with van der Waals surface area (Å²) in [6.07, 6.45) is -4.00. The molecule has 0 aromatic heterocycles. The molecule has 0 radical (unpaired) electrons. The molecular formula is C25H25F3N4O4S. The smallest absolute Gasteiger partial charge is 0.337 e. The van der Waals surface area contributed by atoms with E-state index in [4.69, 9.17) is 0 Å². The second kappa shape index (κ2) is 11.8. The molecule has 0 saturated carbocycles. The molecule has 0 aliphatic heterocycles. The Morgan fingerprint density at radius 1 is 0.811 bits per heavy atom. The molecule has 196 valence electrons. The summed E-state index contributed by atoms with van der Waals surface area (Å²) < 4.78 is 64.5. The van der Waals surface area contributed by atoms with Gasteiger partial charge in [-0.1, -0.05) is 42.5 Å². The zero-order valence-corrected chi connectivity index (χ0v) is 20.5. The average Bonchev–Trinajstić information content (AvgIpc) is 2.83. The van der Waals surface area contributed by atoms with Crippen LogP contribution >= 0.6 is 0 Å². The summed E-state index contributed by atoms with van der Waals surface area (Å²) in [4.78, 5) is 24.1. The van der Waals surface area contributed by atoms with E-state index in [-0.39, 0.29) is 18.0 Å². The van der Waals surface area contributed by atoms with E-state index in [0.29, 0.717) is 23.2 Å². The number of carbonyl (C=O) groups is 2. The van der Waals surface area contributed by atoms with Crippen molar-refractivity contribution in [1.82, 2.24) is 15.4 Å². The van der Waals surface area contributed by atoms with E-state index >= 15 is 0 Å². The van der Waals surface area contributed by atoms with E-state index in [1.165, 1.54) is 18.2 Å². The molecule has 4 amide bonds. The Morgan fingerprint density at radius 2 is 1.43 bits per heavy atom. The number of halogens is 3. The number of benzene rings is 3. The van der Waals surface area contributed by atoms with Crippen LogP contribution in [0, 0.1) is 6.92 Å². The van der Waals surface area contributed by atoms with Crippen molar-refractivity contribution in [3.8, 4) is 0 Å². The molecule has 3 rings (SSSR count). The molecular weight excluding hydrogens is 509 g/mol. The molecule has 0 aliphatic rings. The van der Waals surface area contributed by atoms with E-state index in [1.807, 2.05) is 4.72 Å². The monoisotopic (exact) mass is 534 g/mol. The van der Waals surface area contributed by atoms with Gasteiger partial charge >= 0.3 is 18.2 Å². The first-order chi connectivity index (χ1) is 17.4. The highest BCUT2D eigenvalue weighted by Gasteiger charge is 2.29. The number of amides is 4. The molecule has 0 heterocycles. The van der Waals surface area contributed by atoms with Crippen molar-refractivity contribution in [3.63, 3.8) is 0 Å². The number of alkyl halides is 3. The Bertz CT molecular complexity index is 1340. The summed E-state index contributed by atoms with van der Waals surface area (Å²) in [7, 11) is -3.99. The minimum atomic E-state index is -4.42. The third-order valence-electron chi connectivity index (χ3n) is 5.26. The molecule has 0 fully saturated rings. The van der Waals surface area contributed by atoms with Crippen LogP contribution in [-0.2, 0) is 29.2 Å². The lowest BCUT2D eigenvalue weighted by Gasteiger charge is -2.11. The highest BCUT2D eigenvalue weighted by molar-refractivity contribution is 7.90. The molecule has 3 aromatic carbocycles. The Labute approximate surface area is 212 Å². The van der Waals surface area contributed by atoms with E-state index in [0.717, 1.165) is 17.7 Å². The van der Waals surface area contributed by atoms with Crippen molar-refractivity contribution in [3.05, 3.63) is 95.1 Å². The number of urea groups is 2. The largest absolute Gasteiger partial charge is 0.416 e. The number of nitrogens with one attached hydrogen (secondary N) is 4. The van der Waals surface area contributed by atoms with Gasteiger partial charge in [0.15, 0.2) is 0 Å². The van der Waals surface area contributed by atoms with Gasteiger partial charge in [0, 0.05) is 18.8 Å². The average molecular weight is 535 g/mol. The number of aryl methyl sites for hydroxylation is 1. The van der Waals surface area contributed by atoms with Crippen LogP contribution in [0.15, 0.2) is 77.7 Å². The number of hydrogen-bond donors (Lipinski definition) is 4. The van der Waals surface area contributed by atoms with Crippen LogP contribution in [0.4, 0.5) is 28.4 Å². The first kappa shape index (κ1) is 27.5. The molecule has 0 atom stereocenters. The van der Waals surface area contributed by atoms with Crippen molar-refractivity contribution < 1.29 is 31.2 Å². The van der Waals surface area contributed by atoms with E-state index in [9.17, 15) is 31.2 Å². The maximum Gasteiger partial charge on any atom is 0.416 e. The molecule has 0 bridgehead atoms. The molecule has 8 nitrogen and oxygen atoms in total. The van der Waals surface area contributed by atoms with Crippen LogP contribution in [0.3, 0.4) is 0 Å². The summed E-state index contributed by atoms with van der Waals surface area (Å²) in [6.45, 7) is 1.86. The molecule has 0 spiro atoms. The zero-order chi connectivity index (χ0) is 27.1. The molecule has 12 heteroatoms. The highest BCUT2D eigenvalue weighted by Crippen LogP contribution is 2.29. The number of sulfonamides is 1. The number of anilines is 1. The summed E-state index contributed by atoms with van der Waals surface area (Å²) in [5.74, 6) is 0. The van der Waals surface area contributed by atoms with E-state index < -0.39 is 33.8 Å². The van der Waals surface area contributed by atoms with Crippen molar-refractivity contribution in [2.75, 3.05) is 11.9 Å². The van der Waals surface area contributed by atoms with Gasteiger partial charge in [0.1, 0.15) is 0 Å². The van der Waals surface area contributed by atoms with Crippen molar-refractivity contribution >= 4 is 27.8 Å². The van der Waals surface area contributed by atoms with Gasteiger partial charge in [-0.3, -0.25) is 0 Å². The Balaban J connectivity index is 1.41.